The van der Waals surface area contributed by atoms with E-state index in [0.29, 0.717) is 16.1 Å². The molecule has 0 saturated heterocycles. The molecule has 0 saturated carbocycles. The predicted molar refractivity (Wildman–Crippen MR) is 103 cm³/mol. The Bertz CT molecular complexity index is 883. The highest BCUT2D eigenvalue weighted by Gasteiger charge is 2.23. The molecular formula is C19H18N2O3S2. The fourth-order valence-corrected chi connectivity index (χ4v) is 4.95. The zero-order valence-electron chi connectivity index (χ0n) is 14.3. The summed E-state index contributed by atoms with van der Waals surface area (Å²) >= 11 is 2.99. The van der Waals surface area contributed by atoms with Crippen molar-refractivity contribution in [3.05, 3.63) is 45.8 Å². The Balaban J connectivity index is 1.62. The van der Waals surface area contributed by atoms with Crippen molar-refractivity contribution in [2.75, 3.05) is 17.7 Å². The summed E-state index contributed by atoms with van der Waals surface area (Å²) in [5.74, 6) is -0.119. The maximum atomic E-state index is 12.3. The molecule has 1 amide bonds. The van der Waals surface area contributed by atoms with Crippen LogP contribution >= 0.6 is 23.1 Å². The van der Waals surface area contributed by atoms with Crippen molar-refractivity contribution >= 4 is 40.0 Å². The topological polar surface area (TPSA) is 79.2 Å². The van der Waals surface area contributed by atoms with Gasteiger partial charge in [0.2, 0.25) is 0 Å². The second kappa shape index (κ2) is 8.39. The summed E-state index contributed by atoms with van der Waals surface area (Å²) in [6.07, 6.45) is 2.88. The molecule has 26 heavy (non-hydrogen) atoms. The minimum absolute atomic E-state index is 0.378. The molecule has 3 rings (SSSR count). The zero-order valence-corrected chi connectivity index (χ0v) is 16.0. The van der Waals surface area contributed by atoms with Crippen LogP contribution in [0.1, 0.15) is 39.7 Å². The third-order valence-electron chi connectivity index (χ3n) is 4.03. The number of benzene rings is 1. The van der Waals surface area contributed by atoms with E-state index in [-0.39, 0.29) is 6.61 Å². The number of fused-ring (bicyclic) bond motifs is 1. The number of thioether (sulfide) groups is 1. The van der Waals surface area contributed by atoms with Gasteiger partial charge in [0.1, 0.15) is 11.1 Å². The Morgan fingerprint density at radius 3 is 2.92 bits per heavy atom. The highest BCUT2D eigenvalue weighted by Crippen LogP contribution is 2.38. The average Bonchev–Trinajstić information content (AvgIpc) is 3.21. The number of ether oxygens (including phenoxy) is 1. The smallest absolute Gasteiger partial charge is 0.339 e. The van der Waals surface area contributed by atoms with Gasteiger partial charge in [-0.1, -0.05) is 19.1 Å². The Morgan fingerprint density at radius 1 is 1.35 bits per heavy atom. The van der Waals surface area contributed by atoms with Crippen LogP contribution in [0.5, 0.6) is 0 Å². The molecule has 1 heterocycles. The second-order valence-electron chi connectivity index (χ2n) is 5.73. The van der Waals surface area contributed by atoms with Crippen molar-refractivity contribution in [2.45, 2.75) is 31.1 Å². The molecule has 1 aromatic heterocycles. The van der Waals surface area contributed by atoms with E-state index < -0.39 is 11.9 Å². The number of esters is 1. The molecule has 2 aromatic rings. The quantitative estimate of drug-likeness (QED) is 0.599. The molecule has 0 aliphatic heterocycles. The summed E-state index contributed by atoms with van der Waals surface area (Å²) in [4.78, 5) is 26.4. The lowest BCUT2D eigenvalue weighted by Crippen LogP contribution is -2.21. The molecule has 0 bridgehead atoms. The third kappa shape index (κ3) is 3.92. The highest BCUT2D eigenvalue weighted by atomic mass is 32.2. The molecule has 1 N–H and O–H groups in total. The fourth-order valence-electron chi connectivity index (χ4n) is 2.90. The van der Waals surface area contributed by atoms with Gasteiger partial charge < -0.3 is 10.1 Å². The van der Waals surface area contributed by atoms with E-state index in [1.54, 1.807) is 23.9 Å². The zero-order chi connectivity index (χ0) is 18.5. The number of thiophene rings is 1. The van der Waals surface area contributed by atoms with Gasteiger partial charge in [-0.05, 0) is 42.7 Å². The van der Waals surface area contributed by atoms with Gasteiger partial charge in [0.05, 0.1) is 11.1 Å². The molecule has 0 unspecified atom stereocenters. The van der Waals surface area contributed by atoms with E-state index in [1.165, 1.54) is 16.2 Å². The number of hydrogen-bond acceptors (Lipinski definition) is 6. The standard InChI is InChI=1S/C19H18N2O3S2/c1-2-25-15-8-4-3-6-13(15)19(23)24-11-17(22)21-18-14(10-20)12-7-5-9-16(12)26-18/h3-4,6,8H,2,5,7,9,11H2,1H3,(H,21,22). The largest absolute Gasteiger partial charge is 0.452 e. The van der Waals surface area contributed by atoms with Gasteiger partial charge >= 0.3 is 5.97 Å². The minimum atomic E-state index is -0.522. The number of anilines is 1. The van der Waals surface area contributed by atoms with Crippen LogP contribution < -0.4 is 5.32 Å². The Labute approximate surface area is 160 Å². The SMILES string of the molecule is CCSc1ccccc1C(=O)OCC(=O)Nc1sc2c(c1C#N)CCC2. The molecular weight excluding hydrogens is 368 g/mol. The van der Waals surface area contributed by atoms with Gasteiger partial charge in [0, 0.05) is 9.77 Å². The Morgan fingerprint density at radius 2 is 2.15 bits per heavy atom. The van der Waals surface area contributed by atoms with Crippen molar-refractivity contribution in [1.82, 2.24) is 0 Å². The maximum absolute atomic E-state index is 12.3. The predicted octanol–water partition coefficient (Wildman–Crippen LogP) is 4.02. The third-order valence-corrected chi connectivity index (χ3v) is 6.19. The number of nitriles is 1. The van der Waals surface area contributed by atoms with Crippen molar-refractivity contribution in [3.63, 3.8) is 0 Å². The van der Waals surface area contributed by atoms with Crippen LogP contribution in [0.3, 0.4) is 0 Å². The van der Waals surface area contributed by atoms with Crippen LogP contribution in [0.25, 0.3) is 0 Å². The van der Waals surface area contributed by atoms with Crippen LogP contribution in [0.4, 0.5) is 5.00 Å². The van der Waals surface area contributed by atoms with Crippen LogP contribution in [0, 0.1) is 11.3 Å². The number of aryl methyl sites for hydroxylation is 1. The lowest BCUT2D eigenvalue weighted by atomic mass is 10.1. The van der Waals surface area contributed by atoms with Crippen LogP contribution in [-0.4, -0.2) is 24.2 Å². The van der Waals surface area contributed by atoms with Crippen LogP contribution in [0.2, 0.25) is 0 Å². The summed E-state index contributed by atoms with van der Waals surface area (Å²) in [5.41, 5.74) is 2.06. The molecule has 0 spiro atoms. The number of carbonyl (C=O) groups excluding carboxylic acids is 2. The number of hydrogen-bond donors (Lipinski definition) is 1. The van der Waals surface area contributed by atoms with Gasteiger partial charge in [-0.25, -0.2) is 4.79 Å². The molecule has 1 aromatic carbocycles. The first-order valence-corrected chi connectivity index (χ1v) is 10.2. The number of nitrogens with zero attached hydrogens (tertiary/aromatic N) is 1. The van der Waals surface area contributed by atoms with E-state index in [9.17, 15) is 14.9 Å². The number of rotatable bonds is 6. The summed E-state index contributed by atoms with van der Waals surface area (Å²) in [5, 5.41) is 12.6. The first kappa shape index (κ1) is 18.5. The van der Waals surface area contributed by atoms with Crippen molar-refractivity contribution in [2.24, 2.45) is 0 Å². The summed E-state index contributed by atoms with van der Waals surface area (Å²) in [6, 6.07) is 9.36. The van der Waals surface area contributed by atoms with E-state index in [1.807, 2.05) is 19.1 Å². The summed E-state index contributed by atoms with van der Waals surface area (Å²) in [6.45, 7) is 1.63. The normalized spacial score (nSPS) is 12.3. The van der Waals surface area contributed by atoms with Gasteiger partial charge in [0.25, 0.3) is 5.91 Å². The van der Waals surface area contributed by atoms with Gasteiger partial charge in [-0.15, -0.1) is 23.1 Å². The maximum Gasteiger partial charge on any atom is 0.339 e. The molecule has 1 aliphatic rings. The average molecular weight is 386 g/mol. The van der Waals surface area contributed by atoms with Crippen molar-refractivity contribution in [1.29, 1.82) is 5.26 Å². The van der Waals surface area contributed by atoms with Gasteiger partial charge in [0.15, 0.2) is 6.61 Å². The summed E-state index contributed by atoms with van der Waals surface area (Å²) in [7, 11) is 0. The van der Waals surface area contributed by atoms with Crippen LogP contribution in [-0.2, 0) is 22.4 Å². The van der Waals surface area contributed by atoms with Crippen LogP contribution in [0.15, 0.2) is 29.2 Å². The molecule has 134 valence electrons. The summed E-state index contributed by atoms with van der Waals surface area (Å²) < 4.78 is 5.16. The lowest BCUT2D eigenvalue weighted by Gasteiger charge is -2.09. The highest BCUT2D eigenvalue weighted by molar-refractivity contribution is 7.99. The fraction of sp³-hybridized carbons (Fsp3) is 0.316. The number of carbonyl (C=O) groups is 2. The molecule has 7 heteroatoms. The molecule has 0 radical (unpaired) electrons. The second-order valence-corrected chi connectivity index (χ2v) is 8.14. The van der Waals surface area contributed by atoms with Crippen molar-refractivity contribution < 1.29 is 14.3 Å². The Hall–Kier alpha value is -2.30. The first-order valence-electron chi connectivity index (χ1n) is 8.37. The van der Waals surface area contributed by atoms with E-state index in [0.717, 1.165) is 35.5 Å². The molecule has 0 fully saturated rings. The molecule has 0 atom stereocenters. The minimum Gasteiger partial charge on any atom is -0.452 e. The molecule has 5 nitrogen and oxygen atoms in total. The van der Waals surface area contributed by atoms with E-state index >= 15 is 0 Å². The number of amides is 1. The van der Waals surface area contributed by atoms with Gasteiger partial charge in [-0.3, -0.25) is 4.79 Å². The monoisotopic (exact) mass is 386 g/mol. The number of nitrogens with one attached hydrogen (secondary N) is 1. The van der Waals surface area contributed by atoms with Gasteiger partial charge in [-0.2, -0.15) is 5.26 Å². The van der Waals surface area contributed by atoms with E-state index in [4.69, 9.17) is 4.74 Å². The van der Waals surface area contributed by atoms with E-state index in [2.05, 4.69) is 11.4 Å². The first-order chi connectivity index (χ1) is 12.6. The molecule has 1 aliphatic carbocycles. The van der Waals surface area contributed by atoms with Crippen molar-refractivity contribution in [3.8, 4) is 6.07 Å². The Kier molecular flexibility index (Phi) is 5.96. The lowest BCUT2D eigenvalue weighted by molar-refractivity contribution is -0.119.